The lowest BCUT2D eigenvalue weighted by Crippen LogP contribution is -2.13. The van der Waals surface area contributed by atoms with E-state index in [1.54, 1.807) is 6.92 Å². The largest absolute Gasteiger partial charge is 0.354 e. The number of halogens is 2. The molecule has 0 aliphatic heterocycles. The topological polar surface area (TPSA) is 107 Å². The fraction of sp³-hybridized carbons (Fsp3) is 0.200. The summed E-state index contributed by atoms with van der Waals surface area (Å²) in [7, 11) is 0. The fourth-order valence-corrected chi connectivity index (χ4v) is 1.54. The van der Waals surface area contributed by atoms with Gasteiger partial charge in [-0.15, -0.1) is 0 Å². The van der Waals surface area contributed by atoms with Crippen LogP contribution in [0.25, 0.3) is 0 Å². The van der Waals surface area contributed by atoms with E-state index in [1.807, 2.05) is 0 Å². The summed E-state index contributed by atoms with van der Waals surface area (Å²) in [6.07, 6.45) is 3.00. The maximum atomic E-state index is 12.7. The number of rotatable bonds is 4. The number of aromatic nitrogens is 4. The summed E-state index contributed by atoms with van der Waals surface area (Å²) in [6, 6.07) is -0.528. The Labute approximate surface area is 117 Å². The monoisotopic (exact) mass is 298 g/mol. The second-order valence-corrected chi connectivity index (χ2v) is 4.09. The summed E-state index contributed by atoms with van der Waals surface area (Å²) in [5, 5.41) is 13.5. The highest BCUT2D eigenvalue weighted by molar-refractivity contribution is 6.28. The van der Waals surface area contributed by atoms with Crippen molar-refractivity contribution >= 4 is 23.1 Å². The molecular weight excluding hydrogens is 291 g/mol. The molecular formula is C10H8ClFN6O2. The Balaban J connectivity index is 2.27. The predicted octanol–water partition coefficient (Wildman–Crippen LogP) is 2.14. The van der Waals surface area contributed by atoms with Crippen LogP contribution in [0.3, 0.4) is 0 Å². The molecule has 2 aromatic heterocycles. The van der Waals surface area contributed by atoms with Crippen LogP contribution in [0.4, 0.5) is 15.9 Å². The molecule has 2 heterocycles. The van der Waals surface area contributed by atoms with E-state index in [4.69, 9.17) is 11.6 Å². The fourth-order valence-electron chi connectivity index (χ4n) is 1.41. The average Bonchev–Trinajstić information content (AvgIpc) is 2.39. The Morgan fingerprint density at radius 1 is 1.35 bits per heavy atom. The zero-order chi connectivity index (χ0) is 14.7. The standard InChI is InChI=1S/C10H8ClFN6O2/c1-5(8-13-2-6(12)3-14-8)16-9-7(18(19)20)4-15-10(11)17-9/h2-5H,1H3,(H,15,16,17)/t5-/m1/s1. The van der Waals surface area contributed by atoms with E-state index < -0.39 is 16.8 Å². The van der Waals surface area contributed by atoms with Gasteiger partial charge in [-0.25, -0.2) is 19.3 Å². The van der Waals surface area contributed by atoms with Gasteiger partial charge in [0.2, 0.25) is 11.1 Å². The number of nitrogens with one attached hydrogen (secondary N) is 1. The van der Waals surface area contributed by atoms with Gasteiger partial charge in [-0.05, 0) is 18.5 Å². The van der Waals surface area contributed by atoms with Gasteiger partial charge in [0, 0.05) is 0 Å². The minimum Gasteiger partial charge on any atom is -0.354 e. The third-order valence-corrected chi connectivity index (χ3v) is 2.50. The van der Waals surface area contributed by atoms with Gasteiger partial charge in [-0.1, -0.05) is 0 Å². The first-order chi connectivity index (χ1) is 9.47. The van der Waals surface area contributed by atoms with Crippen LogP contribution >= 0.6 is 11.6 Å². The van der Waals surface area contributed by atoms with E-state index in [9.17, 15) is 14.5 Å². The molecule has 8 nitrogen and oxygen atoms in total. The highest BCUT2D eigenvalue weighted by atomic mass is 35.5. The Kier molecular flexibility index (Phi) is 3.99. The molecule has 0 spiro atoms. The normalized spacial score (nSPS) is 11.9. The molecule has 0 aliphatic rings. The van der Waals surface area contributed by atoms with Crippen LogP contribution in [0, 0.1) is 15.9 Å². The molecule has 0 unspecified atom stereocenters. The molecule has 0 bridgehead atoms. The molecule has 0 saturated heterocycles. The van der Waals surface area contributed by atoms with Crippen molar-refractivity contribution in [1.82, 2.24) is 19.9 Å². The van der Waals surface area contributed by atoms with Gasteiger partial charge in [0.15, 0.2) is 5.82 Å². The summed E-state index contributed by atoms with van der Waals surface area (Å²) < 4.78 is 12.7. The lowest BCUT2D eigenvalue weighted by molar-refractivity contribution is -0.384. The average molecular weight is 299 g/mol. The quantitative estimate of drug-likeness (QED) is 0.523. The maximum absolute atomic E-state index is 12.7. The Morgan fingerprint density at radius 3 is 2.60 bits per heavy atom. The molecule has 2 aromatic rings. The second-order valence-electron chi connectivity index (χ2n) is 3.76. The second kappa shape index (κ2) is 5.70. The zero-order valence-electron chi connectivity index (χ0n) is 10.1. The number of nitro groups is 1. The van der Waals surface area contributed by atoms with Gasteiger partial charge in [0.1, 0.15) is 12.0 Å². The van der Waals surface area contributed by atoms with Crippen LogP contribution in [-0.4, -0.2) is 24.9 Å². The van der Waals surface area contributed by atoms with Crippen LogP contribution in [0.15, 0.2) is 18.6 Å². The molecule has 2 rings (SSSR count). The number of anilines is 1. The van der Waals surface area contributed by atoms with Gasteiger partial charge in [-0.2, -0.15) is 4.98 Å². The predicted molar refractivity (Wildman–Crippen MR) is 67.7 cm³/mol. The molecule has 0 fully saturated rings. The van der Waals surface area contributed by atoms with Crippen molar-refractivity contribution in [2.45, 2.75) is 13.0 Å². The van der Waals surface area contributed by atoms with Crippen molar-refractivity contribution < 1.29 is 9.31 Å². The van der Waals surface area contributed by atoms with E-state index in [0.717, 1.165) is 18.6 Å². The van der Waals surface area contributed by atoms with Crippen molar-refractivity contribution in [2.24, 2.45) is 0 Å². The SMILES string of the molecule is C[C@@H](Nc1nc(Cl)ncc1[N+](=O)[O-])c1ncc(F)cn1. The van der Waals surface area contributed by atoms with Gasteiger partial charge >= 0.3 is 5.69 Å². The third-order valence-electron chi connectivity index (χ3n) is 2.32. The lowest BCUT2D eigenvalue weighted by Gasteiger charge is -2.12. The summed E-state index contributed by atoms with van der Waals surface area (Å²) in [6.45, 7) is 1.65. The lowest BCUT2D eigenvalue weighted by atomic mass is 10.3. The van der Waals surface area contributed by atoms with Crippen LogP contribution in [0.1, 0.15) is 18.8 Å². The Bertz CT molecular complexity index is 638. The first-order valence-electron chi connectivity index (χ1n) is 5.38. The maximum Gasteiger partial charge on any atom is 0.329 e. The molecule has 0 aliphatic carbocycles. The molecule has 0 saturated carbocycles. The Morgan fingerprint density at radius 2 is 2.00 bits per heavy atom. The summed E-state index contributed by atoms with van der Waals surface area (Å²) in [5.74, 6) is -0.372. The van der Waals surface area contributed by atoms with Gasteiger partial charge in [0.25, 0.3) is 0 Å². The van der Waals surface area contributed by atoms with Gasteiger partial charge < -0.3 is 5.32 Å². The summed E-state index contributed by atoms with van der Waals surface area (Å²) >= 11 is 5.61. The summed E-state index contributed by atoms with van der Waals surface area (Å²) in [5.41, 5.74) is -0.330. The van der Waals surface area contributed by atoms with Crippen LogP contribution in [0.5, 0.6) is 0 Å². The third kappa shape index (κ3) is 3.12. The van der Waals surface area contributed by atoms with Gasteiger partial charge in [-0.3, -0.25) is 10.1 Å². The number of hydrogen-bond acceptors (Lipinski definition) is 7. The highest BCUT2D eigenvalue weighted by Gasteiger charge is 2.20. The smallest absolute Gasteiger partial charge is 0.329 e. The van der Waals surface area contributed by atoms with Crippen LogP contribution in [-0.2, 0) is 0 Å². The van der Waals surface area contributed by atoms with Crippen LogP contribution in [0.2, 0.25) is 5.28 Å². The van der Waals surface area contributed by atoms with Crippen LogP contribution < -0.4 is 5.32 Å². The van der Waals surface area contributed by atoms with E-state index in [0.29, 0.717) is 0 Å². The number of nitrogens with zero attached hydrogens (tertiary/aromatic N) is 5. The molecule has 1 N–H and O–H groups in total. The minimum atomic E-state index is -0.642. The molecule has 10 heteroatoms. The van der Waals surface area contributed by atoms with Crippen molar-refractivity contribution in [3.8, 4) is 0 Å². The van der Waals surface area contributed by atoms with E-state index >= 15 is 0 Å². The molecule has 0 amide bonds. The van der Waals surface area contributed by atoms with Crippen molar-refractivity contribution in [3.63, 3.8) is 0 Å². The molecule has 104 valence electrons. The van der Waals surface area contributed by atoms with Crippen molar-refractivity contribution in [1.29, 1.82) is 0 Å². The van der Waals surface area contributed by atoms with E-state index in [1.165, 1.54) is 0 Å². The van der Waals surface area contributed by atoms with Crippen molar-refractivity contribution in [2.75, 3.05) is 5.32 Å². The molecule has 0 radical (unpaired) electrons. The summed E-state index contributed by atoms with van der Waals surface area (Å²) in [4.78, 5) is 25.1. The van der Waals surface area contributed by atoms with E-state index in [2.05, 4.69) is 25.3 Å². The zero-order valence-corrected chi connectivity index (χ0v) is 10.9. The van der Waals surface area contributed by atoms with Crippen molar-refractivity contribution in [3.05, 3.63) is 45.6 Å². The highest BCUT2D eigenvalue weighted by Crippen LogP contribution is 2.25. The molecule has 0 aromatic carbocycles. The molecule has 20 heavy (non-hydrogen) atoms. The Hall–Kier alpha value is -2.42. The number of hydrogen-bond donors (Lipinski definition) is 1. The molecule has 1 atom stereocenters. The first-order valence-corrected chi connectivity index (χ1v) is 5.76. The first kappa shape index (κ1) is 14.0. The minimum absolute atomic E-state index is 0.0598. The van der Waals surface area contributed by atoms with Gasteiger partial charge in [0.05, 0.1) is 23.4 Å². The van der Waals surface area contributed by atoms with E-state index in [-0.39, 0.29) is 22.6 Å².